The zero-order chi connectivity index (χ0) is 18.8. The van der Waals surface area contributed by atoms with Gasteiger partial charge in [0.1, 0.15) is 5.56 Å². The highest BCUT2D eigenvalue weighted by molar-refractivity contribution is 6.29. The van der Waals surface area contributed by atoms with Crippen molar-refractivity contribution < 1.29 is 9.53 Å². The number of nitrogens with zero attached hydrogens (tertiary/aromatic N) is 3. The van der Waals surface area contributed by atoms with E-state index in [1.807, 2.05) is 25.1 Å². The van der Waals surface area contributed by atoms with Gasteiger partial charge in [-0.15, -0.1) is 10.2 Å². The van der Waals surface area contributed by atoms with Gasteiger partial charge in [-0.25, -0.2) is 0 Å². The zero-order valence-corrected chi connectivity index (χ0v) is 16.3. The summed E-state index contributed by atoms with van der Waals surface area (Å²) in [5, 5.41) is 8.02. The molecule has 1 fully saturated rings. The molecule has 142 valence electrons. The highest BCUT2D eigenvalue weighted by atomic mass is 35.5. The quantitative estimate of drug-likeness (QED) is 0.692. The molecule has 2 heterocycles. The van der Waals surface area contributed by atoms with E-state index in [1.165, 1.54) is 32.1 Å². The molecule has 2 aliphatic rings. The molecule has 5 nitrogen and oxygen atoms in total. The second-order valence-corrected chi connectivity index (χ2v) is 7.95. The summed E-state index contributed by atoms with van der Waals surface area (Å²) in [5.41, 5.74) is 2.21. The van der Waals surface area contributed by atoms with Crippen LogP contribution in [0.3, 0.4) is 0 Å². The van der Waals surface area contributed by atoms with Crippen molar-refractivity contribution in [2.24, 2.45) is 5.92 Å². The summed E-state index contributed by atoms with van der Waals surface area (Å²) in [4.78, 5) is 15.0. The Morgan fingerprint density at radius 1 is 1.19 bits per heavy atom. The lowest BCUT2D eigenvalue weighted by Crippen LogP contribution is -2.31. The maximum absolute atomic E-state index is 13.2. The number of aryl methyl sites for hydroxylation is 1. The Morgan fingerprint density at radius 3 is 2.81 bits per heavy atom. The largest absolute Gasteiger partial charge is 0.435 e. The van der Waals surface area contributed by atoms with E-state index in [-0.39, 0.29) is 16.9 Å². The Labute approximate surface area is 164 Å². The molecule has 1 aromatic heterocycles. The summed E-state index contributed by atoms with van der Waals surface area (Å²) in [5.74, 6) is 1.51. The standard InChI is InChI=1S/C21H24ClN3O2/c1-14-9-10-17-18(12-14)27-20-16(13-19(22)23-24-20)21(26)25(17)11-5-8-15-6-3-2-4-7-15/h9-10,12-13,15H,2-8,11H2,1H3. The molecule has 1 amide bonds. The Kier molecular flexibility index (Phi) is 5.30. The van der Waals surface area contributed by atoms with E-state index >= 15 is 0 Å². The van der Waals surface area contributed by atoms with Crippen molar-refractivity contribution in [3.05, 3.63) is 40.5 Å². The molecule has 2 aromatic rings. The van der Waals surface area contributed by atoms with Crippen molar-refractivity contribution in [2.75, 3.05) is 11.4 Å². The van der Waals surface area contributed by atoms with E-state index in [0.29, 0.717) is 17.9 Å². The Morgan fingerprint density at radius 2 is 2.00 bits per heavy atom. The first kappa shape index (κ1) is 18.2. The molecule has 27 heavy (non-hydrogen) atoms. The van der Waals surface area contributed by atoms with Crippen LogP contribution in [0.5, 0.6) is 11.6 Å². The van der Waals surface area contributed by atoms with Crippen LogP contribution >= 0.6 is 11.6 Å². The number of amides is 1. The van der Waals surface area contributed by atoms with E-state index in [4.69, 9.17) is 16.3 Å². The number of aromatic nitrogens is 2. The lowest BCUT2D eigenvalue weighted by Gasteiger charge is -2.25. The fourth-order valence-corrected chi connectivity index (χ4v) is 4.25. The number of fused-ring (bicyclic) bond motifs is 2. The molecule has 1 aromatic carbocycles. The van der Waals surface area contributed by atoms with E-state index in [1.54, 1.807) is 11.0 Å². The van der Waals surface area contributed by atoms with Gasteiger partial charge in [0.2, 0.25) is 0 Å². The van der Waals surface area contributed by atoms with Gasteiger partial charge < -0.3 is 9.64 Å². The third-order valence-corrected chi connectivity index (χ3v) is 5.72. The Hall–Kier alpha value is -2.14. The lowest BCUT2D eigenvalue weighted by atomic mass is 9.86. The van der Waals surface area contributed by atoms with Crippen LogP contribution in [0.25, 0.3) is 0 Å². The van der Waals surface area contributed by atoms with Crippen molar-refractivity contribution >= 4 is 23.2 Å². The average Bonchev–Trinajstić information content (AvgIpc) is 2.78. The van der Waals surface area contributed by atoms with Gasteiger partial charge in [-0.1, -0.05) is 49.8 Å². The molecule has 6 heteroatoms. The van der Waals surface area contributed by atoms with Gasteiger partial charge in [-0.3, -0.25) is 4.79 Å². The number of anilines is 1. The minimum Gasteiger partial charge on any atom is -0.435 e. The third-order valence-electron chi connectivity index (χ3n) is 5.54. The minimum atomic E-state index is -0.131. The van der Waals surface area contributed by atoms with Crippen LogP contribution < -0.4 is 9.64 Å². The predicted octanol–water partition coefficient (Wildman–Crippen LogP) is 5.55. The van der Waals surface area contributed by atoms with Crippen molar-refractivity contribution in [3.8, 4) is 11.6 Å². The highest BCUT2D eigenvalue weighted by Gasteiger charge is 2.30. The van der Waals surface area contributed by atoms with Crippen LogP contribution in [0, 0.1) is 12.8 Å². The van der Waals surface area contributed by atoms with Gasteiger partial charge in [0.25, 0.3) is 11.8 Å². The predicted molar refractivity (Wildman–Crippen MR) is 106 cm³/mol. The fraction of sp³-hybridized carbons (Fsp3) is 0.476. The Balaban J connectivity index is 1.60. The summed E-state index contributed by atoms with van der Waals surface area (Å²) >= 11 is 5.99. The first-order valence-electron chi connectivity index (χ1n) is 9.75. The smallest absolute Gasteiger partial charge is 0.264 e. The monoisotopic (exact) mass is 385 g/mol. The number of rotatable bonds is 4. The van der Waals surface area contributed by atoms with Crippen LogP contribution in [-0.2, 0) is 0 Å². The van der Waals surface area contributed by atoms with Crippen LogP contribution in [0.2, 0.25) is 5.15 Å². The van der Waals surface area contributed by atoms with Gasteiger partial charge in [0.15, 0.2) is 10.9 Å². The summed E-state index contributed by atoms with van der Waals surface area (Å²) in [6, 6.07) is 7.42. The molecule has 1 aliphatic heterocycles. The molecule has 0 saturated heterocycles. The molecule has 0 spiro atoms. The zero-order valence-electron chi connectivity index (χ0n) is 15.6. The number of carbonyl (C=O) groups excluding carboxylic acids is 1. The maximum atomic E-state index is 13.2. The average molecular weight is 386 g/mol. The van der Waals surface area contributed by atoms with Crippen LogP contribution in [0.4, 0.5) is 5.69 Å². The molecule has 0 radical (unpaired) electrons. The van der Waals surface area contributed by atoms with Crippen LogP contribution in [0.1, 0.15) is 60.9 Å². The molecule has 1 aliphatic carbocycles. The first-order valence-corrected chi connectivity index (χ1v) is 10.1. The molecule has 4 rings (SSSR count). The molecule has 1 saturated carbocycles. The molecular formula is C21H24ClN3O2. The molecular weight excluding hydrogens is 362 g/mol. The van der Waals surface area contributed by atoms with Crippen molar-refractivity contribution in [1.29, 1.82) is 0 Å². The van der Waals surface area contributed by atoms with Crippen LogP contribution in [0.15, 0.2) is 24.3 Å². The van der Waals surface area contributed by atoms with Gasteiger partial charge in [-0.05, 0) is 49.4 Å². The van der Waals surface area contributed by atoms with Crippen molar-refractivity contribution in [2.45, 2.75) is 51.9 Å². The molecule has 0 N–H and O–H groups in total. The van der Waals surface area contributed by atoms with E-state index in [9.17, 15) is 4.79 Å². The van der Waals surface area contributed by atoms with Gasteiger partial charge in [0.05, 0.1) is 5.69 Å². The van der Waals surface area contributed by atoms with Crippen molar-refractivity contribution in [3.63, 3.8) is 0 Å². The number of hydrogen-bond acceptors (Lipinski definition) is 4. The van der Waals surface area contributed by atoms with E-state index < -0.39 is 0 Å². The van der Waals surface area contributed by atoms with Crippen LogP contribution in [-0.4, -0.2) is 22.6 Å². The normalized spacial score (nSPS) is 17.1. The summed E-state index contributed by atoms with van der Waals surface area (Å²) in [6.45, 7) is 2.66. The lowest BCUT2D eigenvalue weighted by molar-refractivity contribution is 0.0985. The van der Waals surface area contributed by atoms with E-state index in [0.717, 1.165) is 30.0 Å². The molecule has 0 bridgehead atoms. The number of carbonyl (C=O) groups is 1. The second kappa shape index (κ2) is 7.85. The maximum Gasteiger partial charge on any atom is 0.264 e. The highest BCUT2D eigenvalue weighted by Crippen LogP contribution is 2.39. The Bertz CT molecular complexity index is 849. The first-order chi connectivity index (χ1) is 13.1. The summed E-state index contributed by atoms with van der Waals surface area (Å²) in [6.07, 6.45) is 8.83. The number of hydrogen-bond donors (Lipinski definition) is 0. The summed E-state index contributed by atoms with van der Waals surface area (Å²) < 4.78 is 5.94. The molecule has 0 atom stereocenters. The fourth-order valence-electron chi connectivity index (χ4n) is 4.11. The number of benzene rings is 1. The molecule has 0 unspecified atom stereocenters. The van der Waals surface area contributed by atoms with Crippen molar-refractivity contribution in [1.82, 2.24) is 10.2 Å². The van der Waals surface area contributed by atoms with Gasteiger partial charge in [0, 0.05) is 6.54 Å². The van der Waals surface area contributed by atoms with E-state index in [2.05, 4.69) is 10.2 Å². The third kappa shape index (κ3) is 3.93. The minimum absolute atomic E-state index is 0.131. The second-order valence-electron chi connectivity index (χ2n) is 7.56. The topological polar surface area (TPSA) is 55.3 Å². The summed E-state index contributed by atoms with van der Waals surface area (Å²) in [7, 11) is 0. The number of halogens is 1. The van der Waals surface area contributed by atoms with Gasteiger partial charge in [-0.2, -0.15) is 0 Å². The van der Waals surface area contributed by atoms with Gasteiger partial charge >= 0.3 is 0 Å². The SMILES string of the molecule is Cc1ccc2c(c1)Oc1nnc(Cl)cc1C(=O)N2CCCC1CCCCC1. The number of ether oxygens (including phenoxy) is 1.